The number of hydrogen-bond donors (Lipinski definition) is 0. The number of ketones is 1. The predicted molar refractivity (Wildman–Crippen MR) is 65.7 cm³/mol. The van der Waals surface area contributed by atoms with E-state index >= 15 is 0 Å². The summed E-state index contributed by atoms with van der Waals surface area (Å²) in [6, 6.07) is 6.03. The standard InChI is InChI=1S/C11H13BrOS/c1-3-14-11-5-4-8(2)6-9(11)10(13)7-12/h4-6H,3,7H2,1-2H3. The van der Waals surface area contributed by atoms with E-state index in [2.05, 4.69) is 22.9 Å². The van der Waals surface area contributed by atoms with Crippen LogP contribution in [0.3, 0.4) is 0 Å². The van der Waals surface area contributed by atoms with Gasteiger partial charge in [0.2, 0.25) is 0 Å². The highest BCUT2D eigenvalue weighted by molar-refractivity contribution is 9.09. The van der Waals surface area contributed by atoms with E-state index < -0.39 is 0 Å². The Bertz CT molecular complexity index is 336. The molecular weight excluding hydrogens is 260 g/mol. The van der Waals surface area contributed by atoms with Gasteiger partial charge in [-0.15, -0.1) is 11.8 Å². The lowest BCUT2D eigenvalue weighted by Crippen LogP contribution is -2.02. The number of thioether (sulfide) groups is 1. The Morgan fingerprint density at radius 3 is 2.79 bits per heavy atom. The van der Waals surface area contributed by atoms with Gasteiger partial charge in [-0.2, -0.15) is 0 Å². The number of halogens is 1. The molecule has 0 heterocycles. The van der Waals surface area contributed by atoms with E-state index in [0.29, 0.717) is 5.33 Å². The maximum absolute atomic E-state index is 11.6. The van der Waals surface area contributed by atoms with Gasteiger partial charge in [-0.05, 0) is 24.8 Å². The fourth-order valence-corrected chi connectivity index (χ4v) is 2.32. The van der Waals surface area contributed by atoms with Crippen LogP contribution in [0, 0.1) is 6.92 Å². The number of carbonyl (C=O) groups excluding carboxylic acids is 1. The van der Waals surface area contributed by atoms with Crippen LogP contribution in [0.15, 0.2) is 23.1 Å². The van der Waals surface area contributed by atoms with Crippen molar-refractivity contribution in [3.05, 3.63) is 29.3 Å². The fourth-order valence-electron chi connectivity index (χ4n) is 1.22. The largest absolute Gasteiger partial charge is 0.293 e. The minimum Gasteiger partial charge on any atom is -0.293 e. The normalized spacial score (nSPS) is 10.2. The Morgan fingerprint density at radius 1 is 1.50 bits per heavy atom. The van der Waals surface area contributed by atoms with Crippen molar-refractivity contribution < 1.29 is 4.79 Å². The molecule has 0 bridgehead atoms. The SMILES string of the molecule is CCSc1ccc(C)cc1C(=O)CBr. The molecule has 1 nitrogen and oxygen atoms in total. The molecule has 3 heteroatoms. The minimum atomic E-state index is 0.157. The summed E-state index contributed by atoms with van der Waals surface area (Å²) in [7, 11) is 0. The summed E-state index contributed by atoms with van der Waals surface area (Å²) in [5, 5.41) is 0.397. The van der Waals surface area contributed by atoms with Gasteiger partial charge in [-0.25, -0.2) is 0 Å². The second-order valence-electron chi connectivity index (χ2n) is 2.99. The third kappa shape index (κ3) is 2.85. The van der Waals surface area contributed by atoms with Gasteiger partial charge in [0.05, 0.1) is 5.33 Å². The van der Waals surface area contributed by atoms with Gasteiger partial charge in [-0.1, -0.05) is 34.5 Å². The van der Waals surface area contributed by atoms with Crippen LogP contribution in [0.2, 0.25) is 0 Å². The Kier molecular flexibility index (Phi) is 4.69. The van der Waals surface area contributed by atoms with Crippen molar-refractivity contribution in [3.63, 3.8) is 0 Å². The number of rotatable bonds is 4. The molecule has 0 aliphatic rings. The van der Waals surface area contributed by atoms with Crippen LogP contribution in [0.1, 0.15) is 22.8 Å². The number of carbonyl (C=O) groups is 1. The minimum absolute atomic E-state index is 0.157. The fraction of sp³-hybridized carbons (Fsp3) is 0.364. The molecule has 1 rings (SSSR count). The zero-order valence-electron chi connectivity index (χ0n) is 8.34. The first kappa shape index (κ1) is 11.8. The molecule has 0 saturated heterocycles. The van der Waals surface area contributed by atoms with Crippen LogP contribution < -0.4 is 0 Å². The smallest absolute Gasteiger partial charge is 0.174 e. The summed E-state index contributed by atoms with van der Waals surface area (Å²) in [5.41, 5.74) is 1.98. The molecule has 0 amide bonds. The van der Waals surface area contributed by atoms with Crippen molar-refractivity contribution in [1.82, 2.24) is 0 Å². The third-order valence-electron chi connectivity index (χ3n) is 1.86. The van der Waals surface area contributed by atoms with Crippen LogP contribution in [-0.2, 0) is 0 Å². The summed E-state index contributed by atoms with van der Waals surface area (Å²) >= 11 is 4.92. The van der Waals surface area contributed by atoms with Crippen molar-refractivity contribution in [3.8, 4) is 0 Å². The molecule has 0 fully saturated rings. The molecule has 0 radical (unpaired) electrons. The van der Waals surface area contributed by atoms with Crippen LogP contribution in [0.4, 0.5) is 0 Å². The lowest BCUT2D eigenvalue weighted by molar-refractivity contribution is 0.102. The number of benzene rings is 1. The second kappa shape index (κ2) is 5.56. The van der Waals surface area contributed by atoms with Gasteiger partial charge in [0.25, 0.3) is 0 Å². The van der Waals surface area contributed by atoms with Crippen LogP contribution >= 0.6 is 27.7 Å². The Balaban J connectivity index is 3.08. The van der Waals surface area contributed by atoms with Gasteiger partial charge in [0.15, 0.2) is 5.78 Å². The molecule has 76 valence electrons. The molecule has 0 spiro atoms. The van der Waals surface area contributed by atoms with E-state index in [1.807, 2.05) is 25.1 Å². The zero-order valence-corrected chi connectivity index (χ0v) is 10.7. The maximum Gasteiger partial charge on any atom is 0.174 e. The first-order chi connectivity index (χ1) is 6.69. The van der Waals surface area contributed by atoms with E-state index in [0.717, 1.165) is 21.8 Å². The van der Waals surface area contributed by atoms with Crippen molar-refractivity contribution in [2.24, 2.45) is 0 Å². The lowest BCUT2D eigenvalue weighted by Gasteiger charge is -2.06. The molecule has 0 atom stereocenters. The van der Waals surface area contributed by atoms with E-state index in [9.17, 15) is 4.79 Å². The van der Waals surface area contributed by atoms with Gasteiger partial charge in [-0.3, -0.25) is 4.79 Å². The number of Topliss-reactive ketones (excluding diaryl/α,β-unsaturated/α-hetero) is 1. The molecule has 0 saturated carbocycles. The Labute approximate surface area is 97.4 Å². The number of hydrogen-bond acceptors (Lipinski definition) is 2. The van der Waals surface area contributed by atoms with Crippen LogP contribution in [-0.4, -0.2) is 16.9 Å². The molecule has 0 aromatic heterocycles. The maximum atomic E-state index is 11.6. The van der Waals surface area contributed by atoms with Crippen LogP contribution in [0.25, 0.3) is 0 Å². The van der Waals surface area contributed by atoms with Crippen molar-refractivity contribution in [2.75, 3.05) is 11.1 Å². The summed E-state index contributed by atoms with van der Waals surface area (Å²) in [4.78, 5) is 12.7. The first-order valence-corrected chi connectivity index (χ1v) is 6.62. The molecule has 1 aromatic rings. The van der Waals surface area contributed by atoms with E-state index in [1.54, 1.807) is 11.8 Å². The number of aryl methyl sites for hydroxylation is 1. The summed E-state index contributed by atoms with van der Waals surface area (Å²) < 4.78 is 0. The Hall–Kier alpha value is -0.280. The van der Waals surface area contributed by atoms with Crippen molar-refractivity contribution >= 4 is 33.5 Å². The highest BCUT2D eigenvalue weighted by atomic mass is 79.9. The van der Waals surface area contributed by atoms with E-state index in [1.165, 1.54) is 0 Å². The van der Waals surface area contributed by atoms with Crippen LogP contribution in [0.5, 0.6) is 0 Å². The van der Waals surface area contributed by atoms with Gasteiger partial charge in [0, 0.05) is 10.5 Å². The molecule has 0 aliphatic carbocycles. The Morgan fingerprint density at radius 2 is 2.21 bits per heavy atom. The average Bonchev–Trinajstić information content (AvgIpc) is 2.20. The third-order valence-corrected chi connectivity index (χ3v) is 3.32. The molecular formula is C11H13BrOS. The topological polar surface area (TPSA) is 17.1 Å². The molecule has 0 aliphatic heterocycles. The predicted octanol–water partition coefficient (Wildman–Crippen LogP) is 3.68. The quantitative estimate of drug-likeness (QED) is 0.473. The van der Waals surface area contributed by atoms with E-state index in [-0.39, 0.29) is 5.78 Å². The molecule has 1 aromatic carbocycles. The summed E-state index contributed by atoms with van der Waals surface area (Å²) in [5.74, 6) is 1.15. The number of alkyl halides is 1. The highest BCUT2D eigenvalue weighted by Crippen LogP contribution is 2.24. The second-order valence-corrected chi connectivity index (χ2v) is 4.86. The van der Waals surface area contributed by atoms with Gasteiger partial charge >= 0.3 is 0 Å². The first-order valence-electron chi connectivity index (χ1n) is 4.51. The van der Waals surface area contributed by atoms with Crippen molar-refractivity contribution in [1.29, 1.82) is 0 Å². The summed E-state index contributed by atoms with van der Waals surface area (Å²) in [6.45, 7) is 4.10. The van der Waals surface area contributed by atoms with Gasteiger partial charge in [0.1, 0.15) is 0 Å². The van der Waals surface area contributed by atoms with E-state index in [4.69, 9.17) is 0 Å². The van der Waals surface area contributed by atoms with Gasteiger partial charge < -0.3 is 0 Å². The molecule has 0 N–H and O–H groups in total. The lowest BCUT2D eigenvalue weighted by atomic mass is 10.1. The summed E-state index contributed by atoms with van der Waals surface area (Å²) in [6.07, 6.45) is 0. The zero-order chi connectivity index (χ0) is 10.6. The van der Waals surface area contributed by atoms with Crippen molar-refractivity contribution in [2.45, 2.75) is 18.7 Å². The monoisotopic (exact) mass is 272 g/mol. The molecule has 14 heavy (non-hydrogen) atoms. The average molecular weight is 273 g/mol. The highest BCUT2D eigenvalue weighted by Gasteiger charge is 2.09. The molecule has 0 unspecified atom stereocenters.